The van der Waals surface area contributed by atoms with Crippen molar-refractivity contribution in [3.63, 3.8) is 0 Å². The van der Waals surface area contributed by atoms with Crippen LogP contribution in [0.2, 0.25) is 0 Å². The Morgan fingerprint density at radius 3 is 2.32 bits per heavy atom. The first-order valence-electron chi connectivity index (χ1n) is 6.88. The Bertz CT molecular complexity index is 461. The van der Waals surface area contributed by atoms with Crippen LogP contribution in [-0.4, -0.2) is 11.6 Å². The molecule has 0 aliphatic heterocycles. The second kappa shape index (κ2) is 6.62. The van der Waals surface area contributed by atoms with Crippen LogP contribution in [-0.2, 0) is 0 Å². The Labute approximate surface area is 117 Å². The smallest absolute Gasteiger partial charge is 0.0567 e. The van der Waals surface area contributed by atoms with Crippen LogP contribution in [0.4, 0.5) is 0 Å². The third-order valence-electron chi connectivity index (χ3n) is 3.42. The Morgan fingerprint density at radius 1 is 1.16 bits per heavy atom. The predicted octanol–water partition coefficient (Wildman–Crippen LogP) is 3.09. The number of nitrogens with two attached hydrogens (primary N) is 2. The fourth-order valence-corrected chi connectivity index (χ4v) is 1.99. The maximum Gasteiger partial charge on any atom is 0.0567 e. The van der Waals surface area contributed by atoms with Crippen LogP contribution in [0.25, 0.3) is 5.70 Å². The lowest BCUT2D eigenvalue weighted by atomic mass is 9.99. The van der Waals surface area contributed by atoms with E-state index < -0.39 is 0 Å². The summed E-state index contributed by atoms with van der Waals surface area (Å²) in [6, 6.07) is 4.30. The van der Waals surface area contributed by atoms with Gasteiger partial charge in [-0.3, -0.25) is 0 Å². The van der Waals surface area contributed by atoms with Crippen molar-refractivity contribution < 1.29 is 0 Å². The number of hydrazine groups is 1. The number of hydrogen-bond acceptors (Lipinski definition) is 3. The molecule has 0 saturated heterocycles. The van der Waals surface area contributed by atoms with Crippen LogP contribution >= 0.6 is 0 Å². The average molecular weight is 261 g/mol. The fraction of sp³-hybridized carbons (Fsp3) is 0.500. The molecule has 0 spiro atoms. The van der Waals surface area contributed by atoms with Crippen molar-refractivity contribution in [1.82, 2.24) is 5.01 Å². The molecule has 19 heavy (non-hydrogen) atoms. The maximum atomic E-state index is 6.16. The highest BCUT2D eigenvalue weighted by Crippen LogP contribution is 2.20. The van der Waals surface area contributed by atoms with E-state index in [0.29, 0.717) is 5.92 Å². The summed E-state index contributed by atoms with van der Waals surface area (Å²) in [5.41, 5.74) is 11.7. The van der Waals surface area contributed by atoms with Crippen molar-refractivity contribution >= 4 is 5.70 Å². The zero-order chi connectivity index (χ0) is 14.6. The molecule has 0 aromatic heterocycles. The fourth-order valence-electron chi connectivity index (χ4n) is 1.99. The number of hydrogen-bond donors (Lipinski definition) is 2. The highest BCUT2D eigenvalue weighted by Gasteiger charge is 2.06. The van der Waals surface area contributed by atoms with Gasteiger partial charge in [-0.2, -0.15) is 0 Å². The molecule has 1 aromatic rings. The van der Waals surface area contributed by atoms with E-state index in [1.54, 1.807) is 5.01 Å². The Kier molecular flexibility index (Phi) is 5.43. The monoisotopic (exact) mass is 261 g/mol. The van der Waals surface area contributed by atoms with Gasteiger partial charge in [0.25, 0.3) is 0 Å². The minimum Gasteiger partial charge on any atom is -0.397 e. The Balaban J connectivity index is 2.87. The summed E-state index contributed by atoms with van der Waals surface area (Å²) >= 11 is 0. The topological polar surface area (TPSA) is 55.3 Å². The number of rotatable bonds is 5. The summed E-state index contributed by atoms with van der Waals surface area (Å²) in [5, 5.41) is 1.68. The first kappa shape index (κ1) is 15.6. The molecule has 3 nitrogen and oxygen atoms in total. The number of benzene rings is 1. The van der Waals surface area contributed by atoms with E-state index in [1.165, 1.54) is 16.7 Å². The molecule has 0 amide bonds. The van der Waals surface area contributed by atoms with E-state index in [9.17, 15) is 0 Å². The van der Waals surface area contributed by atoms with Crippen molar-refractivity contribution in [2.45, 2.75) is 41.0 Å². The minimum atomic E-state index is 0.643. The molecule has 1 rings (SSSR count). The quantitative estimate of drug-likeness (QED) is 0.632. The highest BCUT2D eigenvalue weighted by atomic mass is 15.4. The molecule has 0 atom stereocenters. The third-order valence-corrected chi connectivity index (χ3v) is 3.42. The number of nitrogens with zero attached hydrogens (tertiary/aromatic N) is 1. The first-order chi connectivity index (χ1) is 8.81. The highest BCUT2D eigenvalue weighted by molar-refractivity contribution is 5.66. The minimum absolute atomic E-state index is 0.643. The number of aryl methyl sites for hydroxylation is 3. The average Bonchev–Trinajstić information content (AvgIpc) is 2.31. The van der Waals surface area contributed by atoms with Gasteiger partial charge >= 0.3 is 0 Å². The van der Waals surface area contributed by atoms with Gasteiger partial charge in [0.1, 0.15) is 0 Å². The molecule has 3 heteroatoms. The van der Waals surface area contributed by atoms with Crippen LogP contribution in [0.3, 0.4) is 0 Å². The molecule has 0 unspecified atom stereocenters. The van der Waals surface area contributed by atoms with Crippen LogP contribution in [0.15, 0.2) is 18.3 Å². The van der Waals surface area contributed by atoms with E-state index in [4.69, 9.17) is 11.6 Å². The second-order valence-corrected chi connectivity index (χ2v) is 5.76. The van der Waals surface area contributed by atoms with Crippen LogP contribution in [0.5, 0.6) is 0 Å². The molecule has 1 aromatic carbocycles. The van der Waals surface area contributed by atoms with Gasteiger partial charge in [-0.05, 0) is 55.9 Å². The molecule has 0 aliphatic carbocycles. The largest absolute Gasteiger partial charge is 0.397 e. The van der Waals surface area contributed by atoms with Crippen LogP contribution < -0.4 is 11.6 Å². The summed E-state index contributed by atoms with van der Waals surface area (Å²) in [6.45, 7) is 11.5. The normalized spacial score (nSPS) is 12.1. The van der Waals surface area contributed by atoms with Crippen molar-refractivity contribution in [2.75, 3.05) is 6.54 Å². The lowest BCUT2D eigenvalue weighted by Crippen LogP contribution is -2.28. The van der Waals surface area contributed by atoms with Gasteiger partial charge < -0.3 is 10.7 Å². The van der Waals surface area contributed by atoms with Crippen LogP contribution in [0.1, 0.15) is 42.5 Å². The molecule has 0 bridgehead atoms. The zero-order valence-electron chi connectivity index (χ0n) is 12.8. The van der Waals surface area contributed by atoms with E-state index in [1.807, 2.05) is 6.20 Å². The molecule has 106 valence electrons. The maximum absolute atomic E-state index is 6.16. The lowest BCUT2D eigenvalue weighted by Gasteiger charge is -2.17. The summed E-state index contributed by atoms with van der Waals surface area (Å²) in [6.07, 6.45) is 2.89. The molecule has 0 heterocycles. The summed E-state index contributed by atoms with van der Waals surface area (Å²) in [5.74, 6) is 6.60. The predicted molar refractivity (Wildman–Crippen MR) is 83.2 cm³/mol. The van der Waals surface area contributed by atoms with E-state index >= 15 is 0 Å². The van der Waals surface area contributed by atoms with Crippen molar-refractivity contribution in [3.05, 3.63) is 40.6 Å². The van der Waals surface area contributed by atoms with Gasteiger partial charge in [-0.15, -0.1) is 0 Å². The lowest BCUT2D eigenvalue weighted by molar-refractivity contribution is 0.359. The Hall–Kier alpha value is -1.48. The van der Waals surface area contributed by atoms with Gasteiger partial charge in [0, 0.05) is 18.3 Å². The van der Waals surface area contributed by atoms with Crippen molar-refractivity contribution in [3.8, 4) is 0 Å². The summed E-state index contributed by atoms with van der Waals surface area (Å²) < 4.78 is 0. The molecular formula is C16H27N3. The standard InChI is InChI=1S/C16H27N3/c1-11(2)6-7-19(18)10-16(17)15-9-13(4)12(3)8-14(15)5/h8-11H,6-7,17-18H2,1-5H3/b16-10-. The van der Waals surface area contributed by atoms with Gasteiger partial charge in [-0.1, -0.05) is 19.9 Å². The van der Waals surface area contributed by atoms with Crippen LogP contribution in [0, 0.1) is 26.7 Å². The second-order valence-electron chi connectivity index (χ2n) is 5.76. The van der Waals surface area contributed by atoms with E-state index in [-0.39, 0.29) is 0 Å². The van der Waals surface area contributed by atoms with E-state index in [2.05, 4.69) is 46.8 Å². The Morgan fingerprint density at radius 2 is 1.74 bits per heavy atom. The summed E-state index contributed by atoms with van der Waals surface area (Å²) in [4.78, 5) is 0. The van der Waals surface area contributed by atoms with Gasteiger partial charge in [0.05, 0.1) is 5.70 Å². The molecular weight excluding hydrogens is 234 g/mol. The molecule has 0 fully saturated rings. The SMILES string of the molecule is Cc1cc(C)c(/C(N)=C/N(N)CCC(C)C)cc1C. The van der Waals surface area contributed by atoms with Crippen molar-refractivity contribution in [1.29, 1.82) is 0 Å². The van der Waals surface area contributed by atoms with Gasteiger partial charge in [0.2, 0.25) is 0 Å². The van der Waals surface area contributed by atoms with Gasteiger partial charge in [0.15, 0.2) is 0 Å². The summed E-state index contributed by atoms with van der Waals surface area (Å²) in [7, 11) is 0. The van der Waals surface area contributed by atoms with Crippen molar-refractivity contribution in [2.24, 2.45) is 17.5 Å². The van der Waals surface area contributed by atoms with Gasteiger partial charge in [-0.25, -0.2) is 5.84 Å². The zero-order valence-corrected chi connectivity index (χ0v) is 12.8. The molecule has 0 aliphatic rings. The molecule has 0 saturated carbocycles. The molecule has 0 radical (unpaired) electrons. The van der Waals surface area contributed by atoms with E-state index in [0.717, 1.165) is 24.2 Å². The molecule has 4 N–H and O–H groups in total. The first-order valence-corrected chi connectivity index (χ1v) is 6.88. The third kappa shape index (κ3) is 4.60.